The van der Waals surface area contributed by atoms with Gasteiger partial charge < -0.3 is 5.11 Å². The summed E-state index contributed by atoms with van der Waals surface area (Å²) in [6, 6.07) is 18.4. The Morgan fingerprint density at radius 3 is 2.37 bits per heavy atom. The van der Waals surface area contributed by atoms with E-state index >= 15 is 0 Å². The summed E-state index contributed by atoms with van der Waals surface area (Å²) in [6.45, 7) is 4.20. The van der Waals surface area contributed by atoms with E-state index in [4.69, 9.17) is 0 Å². The summed E-state index contributed by atoms with van der Waals surface area (Å²) in [6.07, 6.45) is 2.43. The highest BCUT2D eigenvalue weighted by Gasteiger charge is 2.28. The van der Waals surface area contributed by atoms with Crippen LogP contribution in [0.5, 0.6) is 0 Å². The average molecular weight is 254 g/mol. The largest absolute Gasteiger partial charge is 0.385 e. The van der Waals surface area contributed by atoms with E-state index in [0.717, 1.165) is 18.4 Å². The quantitative estimate of drug-likeness (QED) is 0.846. The van der Waals surface area contributed by atoms with Crippen molar-refractivity contribution in [2.24, 2.45) is 0 Å². The van der Waals surface area contributed by atoms with Crippen molar-refractivity contribution in [3.8, 4) is 0 Å². The molecule has 0 spiro atoms. The summed E-state index contributed by atoms with van der Waals surface area (Å²) in [5.41, 5.74) is 2.69. The maximum Gasteiger partial charge on any atom is 0.0936 e. The van der Waals surface area contributed by atoms with Crippen LogP contribution in [0.15, 0.2) is 54.6 Å². The van der Waals surface area contributed by atoms with E-state index in [-0.39, 0.29) is 0 Å². The predicted molar refractivity (Wildman–Crippen MR) is 80.1 cm³/mol. The molecule has 1 heteroatoms. The van der Waals surface area contributed by atoms with Crippen molar-refractivity contribution in [3.05, 3.63) is 71.3 Å². The number of hydrogen-bond acceptors (Lipinski definition) is 1. The van der Waals surface area contributed by atoms with Crippen LogP contribution in [0.4, 0.5) is 0 Å². The SMILES string of the molecule is CCCC(O)(Cc1cccc(C)c1)c1ccccc1. The third kappa shape index (κ3) is 3.45. The molecule has 0 bridgehead atoms. The molecule has 2 aromatic carbocycles. The molecule has 1 unspecified atom stereocenters. The lowest BCUT2D eigenvalue weighted by molar-refractivity contribution is 0.0269. The van der Waals surface area contributed by atoms with E-state index in [1.807, 2.05) is 30.3 Å². The van der Waals surface area contributed by atoms with Gasteiger partial charge in [-0.25, -0.2) is 0 Å². The first-order valence-electron chi connectivity index (χ1n) is 6.97. The molecule has 0 fully saturated rings. The van der Waals surface area contributed by atoms with Gasteiger partial charge in [0.2, 0.25) is 0 Å². The molecule has 0 amide bonds. The lowest BCUT2D eigenvalue weighted by Crippen LogP contribution is -2.28. The Balaban J connectivity index is 2.30. The fraction of sp³-hybridized carbons (Fsp3) is 0.333. The Kier molecular flexibility index (Phi) is 4.39. The van der Waals surface area contributed by atoms with E-state index in [0.29, 0.717) is 6.42 Å². The lowest BCUT2D eigenvalue weighted by atomic mass is 9.83. The van der Waals surface area contributed by atoms with Crippen LogP contribution in [-0.2, 0) is 12.0 Å². The molecule has 0 heterocycles. The molecular weight excluding hydrogens is 232 g/mol. The van der Waals surface area contributed by atoms with Gasteiger partial charge in [0.1, 0.15) is 0 Å². The van der Waals surface area contributed by atoms with Crippen LogP contribution in [0.2, 0.25) is 0 Å². The van der Waals surface area contributed by atoms with E-state index in [2.05, 4.69) is 38.1 Å². The molecule has 0 radical (unpaired) electrons. The summed E-state index contributed by atoms with van der Waals surface area (Å²) in [5, 5.41) is 11.0. The number of benzene rings is 2. The fourth-order valence-electron chi connectivity index (χ4n) is 2.66. The molecule has 0 saturated carbocycles. The van der Waals surface area contributed by atoms with Gasteiger partial charge in [0.15, 0.2) is 0 Å². The molecule has 0 saturated heterocycles. The number of hydrogen-bond donors (Lipinski definition) is 1. The van der Waals surface area contributed by atoms with Crippen LogP contribution < -0.4 is 0 Å². The highest BCUT2D eigenvalue weighted by Crippen LogP contribution is 2.30. The van der Waals surface area contributed by atoms with Gasteiger partial charge in [0.05, 0.1) is 5.60 Å². The van der Waals surface area contributed by atoms with Crippen molar-refractivity contribution in [2.75, 3.05) is 0 Å². The molecule has 19 heavy (non-hydrogen) atoms. The zero-order valence-electron chi connectivity index (χ0n) is 11.8. The molecule has 100 valence electrons. The van der Waals surface area contributed by atoms with E-state index in [1.165, 1.54) is 11.1 Å². The second-order valence-electron chi connectivity index (χ2n) is 5.31. The topological polar surface area (TPSA) is 20.2 Å². The monoisotopic (exact) mass is 254 g/mol. The molecule has 2 aromatic rings. The number of aryl methyl sites for hydroxylation is 1. The molecule has 1 atom stereocenters. The van der Waals surface area contributed by atoms with Crippen LogP contribution in [-0.4, -0.2) is 5.11 Å². The summed E-state index contributed by atoms with van der Waals surface area (Å²) < 4.78 is 0. The smallest absolute Gasteiger partial charge is 0.0936 e. The van der Waals surface area contributed by atoms with Crippen LogP contribution in [0.1, 0.15) is 36.5 Å². The minimum absolute atomic E-state index is 0.673. The third-order valence-electron chi connectivity index (χ3n) is 3.55. The maximum atomic E-state index is 11.0. The predicted octanol–water partition coefficient (Wildman–Crippen LogP) is 4.23. The van der Waals surface area contributed by atoms with Crippen LogP contribution >= 0.6 is 0 Å². The molecule has 0 aliphatic rings. The summed E-state index contributed by atoms with van der Waals surface area (Å²) >= 11 is 0. The highest BCUT2D eigenvalue weighted by molar-refractivity contribution is 5.29. The Hall–Kier alpha value is -1.60. The van der Waals surface area contributed by atoms with Gasteiger partial charge in [0, 0.05) is 6.42 Å². The number of aliphatic hydroxyl groups is 1. The van der Waals surface area contributed by atoms with Crippen LogP contribution in [0, 0.1) is 6.92 Å². The Labute approximate surface area is 115 Å². The van der Waals surface area contributed by atoms with Gasteiger partial charge in [-0.2, -0.15) is 0 Å². The average Bonchev–Trinajstić information content (AvgIpc) is 2.40. The van der Waals surface area contributed by atoms with Gasteiger partial charge in [-0.15, -0.1) is 0 Å². The van der Waals surface area contributed by atoms with Gasteiger partial charge >= 0.3 is 0 Å². The molecule has 1 nitrogen and oxygen atoms in total. The van der Waals surface area contributed by atoms with Crippen molar-refractivity contribution in [1.29, 1.82) is 0 Å². The van der Waals surface area contributed by atoms with Crippen molar-refractivity contribution >= 4 is 0 Å². The van der Waals surface area contributed by atoms with Crippen LogP contribution in [0.25, 0.3) is 0 Å². The zero-order valence-corrected chi connectivity index (χ0v) is 11.8. The standard InChI is InChI=1S/C18H22O/c1-3-12-18(19,17-10-5-4-6-11-17)14-16-9-7-8-15(2)13-16/h4-11,13,19H,3,12,14H2,1-2H3. The summed E-state index contributed by atoms with van der Waals surface area (Å²) in [4.78, 5) is 0. The lowest BCUT2D eigenvalue weighted by Gasteiger charge is -2.29. The molecule has 0 aromatic heterocycles. The first-order valence-corrected chi connectivity index (χ1v) is 6.97. The minimum atomic E-state index is -0.760. The fourth-order valence-corrected chi connectivity index (χ4v) is 2.66. The normalized spacial score (nSPS) is 14.1. The minimum Gasteiger partial charge on any atom is -0.385 e. The molecule has 0 aliphatic carbocycles. The third-order valence-corrected chi connectivity index (χ3v) is 3.55. The molecule has 2 rings (SSSR count). The Morgan fingerprint density at radius 2 is 1.74 bits per heavy atom. The van der Waals surface area contributed by atoms with Crippen molar-refractivity contribution in [2.45, 2.75) is 38.7 Å². The van der Waals surface area contributed by atoms with Crippen molar-refractivity contribution in [1.82, 2.24) is 0 Å². The zero-order chi connectivity index (χ0) is 13.7. The molecule has 0 aliphatic heterocycles. The number of rotatable bonds is 5. The van der Waals surface area contributed by atoms with Gasteiger partial charge in [-0.05, 0) is 24.5 Å². The first-order chi connectivity index (χ1) is 9.14. The van der Waals surface area contributed by atoms with E-state index < -0.39 is 5.60 Å². The maximum absolute atomic E-state index is 11.0. The van der Waals surface area contributed by atoms with Crippen molar-refractivity contribution < 1.29 is 5.11 Å². The van der Waals surface area contributed by atoms with E-state index in [9.17, 15) is 5.11 Å². The van der Waals surface area contributed by atoms with Crippen LogP contribution in [0.3, 0.4) is 0 Å². The molecular formula is C18H22O. The Bertz CT molecular complexity index is 518. The highest BCUT2D eigenvalue weighted by atomic mass is 16.3. The summed E-state index contributed by atoms with van der Waals surface area (Å²) in [5.74, 6) is 0. The Morgan fingerprint density at radius 1 is 1.00 bits per heavy atom. The van der Waals surface area contributed by atoms with Gasteiger partial charge in [-0.3, -0.25) is 0 Å². The molecule has 1 N–H and O–H groups in total. The van der Waals surface area contributed by atoms with Gasteiger partial charge in [-0.1, -0.05) is 73.5 Å². The second kappa shape index (κ2) is 6.03. The second-order valence-corrected chi connectivity index (χ2v) is 5.31. The van der Waals surface area contributed by atoms with E-state index in [1.54, 1.807) is 0 Å². The summed E-state index contributed by atoms with van der Waals surface area (Å²) in [7, 11) is 0. The van der Waals surface area contributed by atoms with Gasteiger partial charge in [0.25, 0.3) is 0 Å². The first kappa shape index (κ1) is 13.8. The van der Waals surface area contributed by atoms with Crippen molar-refractivity contribution in [3.63, 3.8) is 0 Å².